The van der Waals surface area contributed by atoms with E-state index in [1.807, 2.05) is 6.07 Å². The quantitative estimate of drug-likeness (QED) is 0.679. The van der Waals surface area contributed by atoms with Gasteiger partial charge in [-0.25, -0.2) is 0 Å². The van der Waals surface area contributed by atoms with E-state index in [-0.39, 0.29) is 6.04 Å². The maximum absolute atomic E-state index is 6.27. The van der Waals surface area contributed by atoms with E-state index in [0.717, 1.165) is 23.2 Å². The Morgan fingerprint density at radius 3 is 2.60 bits per heavy atom. The van der Waals surface area contributed by atoms with E-state index in [9.17, 15) is 0 Å². The summed E-state index contributed by atoms with van der Waals surface area (Å²) in [4.78, 5) is 0. The lowest BCUT2D eigenvalue weighted by Gasteiger charge is -2.08. The van der Waals surface area contributed by atoms with E-state index < -0.39 is 0 Å². The van der Waals surface area contributed by atoms with Crippen LogP contribution in [0.5, 0.6) is 0 Å². The summed E-state index contributed by atoms with van der Waals surface area (Å²) in [6.45, 7) is 2.08. The Balaban J connectivity index is 1.84. The number of halogens is 1. The van der Waals surface area contributed by atoms with Gasteiger partial charge in [0.1, 0.15) is 11.3 Å². The summed E-state index contributed by atoms with van der Waals surface area (Å²) in [5.74, 6) is 0.851. The third kappa shape index (κ3) is 2.88. The molecule has 0 aliphatic rings. The van der Waals surface area contributed by atoms with Crippen molar-refractivity contribution in [1.82, 2.24) is 0 Å². The number of benzene rings is 2. The fourth-order valence-electron chi connectivity index (χ4n) is 2.34. The lowest BCUT2D eigenvalue weighted by Crippen LogP contribution is -2.12. The van der Waals surface area contributed by atoms with Gasteiger partial charge in [-0.15, -0.1) is 0 Å². The van der Waals surface area contributed by atoms with Crippen molar-refractivity contribution in [3.8, 4) is 0 Å². The number of hydrogen-bond donors (Lipinski definition) is 1. The molecule has 1 unspecified atom stereocenters. The molecule has 2 N–H and O–H groups in total. The third-order valence-corrected chi connectivity index (χ3v) is 4.14. The third-order valence-electron chi connectivity index (χ3n) is 3.43. The molecule has 0 saturated heterocycles. The van der Waals surface area contributed by atoms with Crippen LogP contribution in [0.2, 0.25) is 0 Å². The molecule has 3 rings (SSSR count). The SMILES string of the molecule is Cc1ccc2oc(C(N)Cc3ccc(I)cc3)cc2c1. The maximum Gasteiger partial charge on any atom is 0.134 e. The maximum atomic E-state index is 6.27. The van der Waals surface area contributed by atoms with Gasteiger partial charge in [0.2, 0.25) is 0 Å². The lowest BCUT2D eigenvalue weighted by molar-refractivity contribution is 0.494. The average Bonchev–Trinajstić information content (AvgIpc) is 2.84. The minimum atomic E-state index is -0.109. The van der Waals surface area contributed by atoms with Gasteiger partial charge >= 0.3 is 0 Å². The second kappa shape index (κ2) is 5.58. The molecule has 0 fully saturated rings. The Morgan fingerprint density at radius 1 is 1.10 bits per heavy atom. The fourth-order valence-corrected chi connectivity index (χ4v) is 2.70. The Labute approximate surface area is 132 Å². The van der Waals surface area contributed by atoms with Crippen LogP contribution >= 0.6 is 22.6 Å². The van der Waals surface area contributed by atoms with Gasteiger partial charge in [0.05, 0.1) is 6.04 Å². The Kier molecular flexibility index (Phi) is 3.81. The molecule has 0 saturated carbocycles. The first-order valence-electron chi connectivity index (χ1n) is 6.62. The van der Waals surface area contributed by atoms with Gasteiger partial charge in [0.15, 0.2) is 0 Å². The molecule has 1 aromatic heterocycles. The van der Waals surface area contributed by atoms with Crippen LogP contribution in [-0.2, 0) is 6.42 Å². The van der Waals surface area contributed by atoms with Crippen molar-refractivity contribution in [1.29, 1.82) is 0 Å². The standard InChI is InChI=1S/C17H16INO/c1-11-2-7-16-13(8-11)10-17(20-16)15(19)9-12-3-5-14(18)6-4-12/h2-8,10,15H,9,19H2,1H3. The zero-order valence-electron chi connectivity index (χ0n) is 11.3. The summed E-state index contributed by atoms with van der Waals surface area (Å²) in [5, 5.41) is 1.12. The van der Waals surface area contributed by atoms with Crippen LogP contribution < -0.4 is 5.73 Å². The van der Waals surface area contributed by atoms with E-state index in [4.69, 9.17) is 10.2 Å². The molecule has 0 aliphatic carbocycles. The minimum Gasteiger partial charge on any atom is -0.459 e. The lowest BCUT2D eigenvalue weighted by atomic mass is 10.0. The largest absolute Gasteiger partial charge is 0.459 e. The number of aryl methyl sites for hydroxylation is 1. The highest BCUT2D eigenvalue weighted by Gasteiger charge is 2.12. The van der Waals surface area contributed by atoms with E-state index in [1.54, 1.807) is 0 Å². The second-order valence-corrected chi connectivity index (χ2v) is 6.37. The molecule has 20 heavy (non-hydrogen) atoms. The molecule has 3 heteroatoms. The first kappa shape index (κ1) is 13.6. The Morgan fingerprint density at radius 2 is 1.85 bits per heavy atom. The predicted molar refractivity (Wildman–Crippen MR) is 90.7 cm³/mol. The minimum absolute atomic E-state index is 0.109. The highest BCUT2D eigenvalue weighted by molar-refractivity contribution is 14.1. The van der Waals surface area contributed by atoms with Crippen LogP contribution in [0.25, 0.3) is 11.0 Å². The second-order valence-electron chi connectivity index (χ2n) is 5.13. The molecule has 1 heterocycles. The summed E-state index contributed by atoms with van der Waals surface area (Å²) in [6.07, 6.45) is 0.787. The first-order valence-corrected chi connectivity index (χ1v) is 7.70. The summed E-state index contributed by atoms with van der Waals surface area (Å²) in [7, 11) is 0. The Hall–Kier alpha value is -1.33. The van der Waals surface area contributed by atoms with Crippen LogP contribution in [0, 0.1) is 10.5 Å². The van der Waals surface area contributed by atoms with Crippen molar-refractivity contribution < 1.29 is 4.42 Å². The van der Waals surface area contributed by atoms with Gasteiger partial charge < -0.3 is 10.2 Å². The molecular formula is C17H16INO. The van der Waals surface area contributed by atoms with Crippen LogP contribution in [0.1, 0.15) is 22.9 Å². The molecule has 0 radical (unpaired) electrons. The van der Waals surface area contributed by atoms with Gasteiger partial charge in [0.25, 0.3) is 0 Å². The monoisotopic (exact) mass is 377 g/mol. The fraction of sp³-hybridized carbons (Fsp3) is 0.176. The first-order chi connectivity index (χ1) is 9.61. The highest BCUT2D eigenvalue weighted by Crippen LogP contribution is 2.25. The van der Waals surface area contributed by atoms with E-state index in [1.165, 1.54) is 14.7 Å². The molecule has 0 bridgehead atoms. The number of fused-ring (bicyclic) bond motifs is 1. The normalized spacial score (nSPS) is 12.8. The summed E-state index contributed by atoms with van der Waals surface area (Å²) < 4.78 is 7.09. The molecule has 2 nitrogen and oxygen atoms in total. The van der Waals surface area contributed by atoms with Gasteiger partial charge in [-0.1, -0.05) is 23.8 Å². The van der Waals surface area contributed by atoms with Crippen molar-refractivity contribution in [2.45, 2.75) is 19.4 Å². The van der Waals surface area contributed by atoms with E-state index in [2.05, 4.69) is 72.0 Å². The zero-order chi connectivity index (χ0) is 14.1. The van der Waals surface area contributed by atoms with Crippen LogP contribution in [0.15, 0.2) is 52.9 Å². The van der Waals surface area contributed by atoms with Gasteiger partial charge in [0, 0.05) is 8.96 Å². The zero-order valence-corrected chi connectivity index (χ0v) is 13.4. The molecule has 0 amide bonds. The molecule has 102 valence electrons. The predicted octanol–water partition coefficient (Wildman–Crippen LogP) is 4.59. The van der Waals surface area contributed by atoms with Gasteiger partial charge in [-0.05, 0) is 71.8 Å². The molecule has 0 spiro atoms. The number of rotatable bonds is 3. The number of nitrogens with two attached hydrogens (primary N) is 1. The molecular weight excluding hydrogens is 361 g/mol. The van der Waals surface area contributed by atoms with Crippen molar-refractivity contribution >= 4 is 33.6 Å². The topological polar surface area (TPSA) is 39.2 Å². The van der Waals surface area contributed by atoms with Gasteiger partial charge in [-0.2, -0.15) is 0 Å². The van der Waals surface area contributed by atoms with Crippen LogP contribution in [0.3, 0.4) is 0 Å². The summed E-state index contributed by atoms with van der Waals surface area (Å²) in [5.41, 5.74) is 9.64. The van der Waals surface area contributed by atoms with Gasteiger partial charge in [-0.3, -0.25) is 0 Å². The average molecular weight is 377 g/mol. The number of furan rings is 1. The van der Waals surface area contributed by atoms with Crippen LogP contribution in [0.4, 0.5) is 0 Å². The summed E-state index contributed by atoms with van der Waals surface area (Å²) >= 11 is 2.30. The molecule has 3 aromatic rings. The van der Waals surface area contributed by atoms with Crippen LogP contribution in [-0.4, -0.2) is 0 Å². The summed E-state index contributed by atoms with van der Waals surface area (Å²) in [6, 6.07) is 16.6. The molecule has 1 atom stereocenters. The van der Waals surface area contributed by atoms with E-state index >= 15 is 0 Å². The van der Waals surface area contributed by atoms with E-state index in [0.29, 0.717) is 0 Å². The molecule has 0 aliphatic heterocycles. The molecule has 2 aromatic carbocycles. The van der Waals surface area contributed by atoms with Crippen molar-refractivity contribution in [3.05, 3.63) is 69.0 Å². The smallest absolute Gasteiger partial charge is 0.134 e. The van der Waals surface area contributed by atoms with Crippen molar-refractivity contribution in [2.24, 2.45) is 5.73 Å². The highest BCUT2D eigenvalue weighted by atomic mass is 127. The van der Waals surface area contributed by atoms with Crippen molar-refractivity contribution in [2.75, 3.05) is 0 Å². The van der Waals surface area contributed by atoms with Crippen molar-refractivity contribution in [3.63, 3.8) is 0 Å². The Bertz CT molecular complexity index is 730. The number of hydrogen-bond acceptors (Lipinski definition) is 2.